The number of aromatic nitrogens is 2. The zero-order valence-corrected chi connectivity index (χ0v) is 17.1. The maximum absolute atomic E-state index is 12.6. The third-order valence-corrected chi connectivity index (χ3v) is 5.73. The molecule has 10 heteroatoms. The summed E-state index contributed by atoms with van der Waals surface area (Å²) in [5, 5.41) is 0.563. The fourth-order valence-corrected chi connectivity index (χ4v) is 4.23. The maximum atomic E-state index is 12.6. The van der Waals surface area contributed by atoms with Crippen molar-refractivity contribution in [3.8, 4) is 0 Å². The van der Waals surface area contributed by atoms with E-state index < -0.39 is 12.0 Å². The molecule has 156 valence electrons. The molecule has 0 aliphatic carbocycles. The van der Waals surface area contributed by atoms with Crippen LogP contribution in [-0.2, 0) is 23.9 Å². The Bertz CT molecular complexity index is 773. The lowest BCUT2D eigenvalue weighted by Crippen LogP contribution is -2.46. The molecular weight excluding hydrogens is 396 g/mol. The van der Waals surface area contributed by atoms with Crippen LogP contribution in [0.4, 0.5) is 5.95 Å². The van der Waals surface area contributed by atoms with Gasteiger partial charge < -0.3 is 19.3 Å². The van der Waals surface area contributed by atoms with Crippen LogP contribution in [0.5, 0.6) is 0 Å². The molecule has 0 aromatic carbocycles. The molecule has 0 spiro atoms. The van der Waals surface area contributed by atoms with Crippen LogP contribution in [0.25, 0.3) is 0 Å². The lowest BCUT2D eigenvalue weighted by molar-refractivity contribution is -0.146. The standard InChI is InChI=1S/C19H24N4O5S/c1-27-17(25)12-16-23(15(24)13-29-16)10-5-11-28-18(26)14-6-2-3-9-22(14)19-20-7-4-8-21-19/h4,7-8,12,14H,2-3,5-6,9-11,13H2,1H3/b16-12+. The van der Waals surface area contributed by atoms with Crippen molar-refractivity contribution in [2.24, 2.45) is 0 Å². The Morgan fingerprint density at radius 2 is 2.10 bits per heavy atom. The van der Waals surface area contributed by atoms with Crippen LogP contribution in [0.3, 0.4) is 0 Å². The number of carbonyl (C=O) groups is 3. The summed E-state index contributed by atoms with van der Waals surface area (Å²) in [5.41, 5.74) is 0. The highest BCUT2D eigenvalue weighted by Gasteiger charge is 2.32. The first kappa shape index (κ1) is 21.1. The topological polar surface area (TPSA) is 102 Å². The highest BCUT2D eigenvalue weighted by Crippen LogP contribution is 2.29. The van der Waals surface area contributed by atoms with Crippen LogP contribution in [0.2, 0.25) is 0 Å². The van der Waals surface area contributed by atoms with E-state index in [1.807, 2.05) is 4.90 Å². The molecule has 2 aliphatic heterocycles. The molecule has 0 saturated carbocycles. The zero-order chi connectivity index (χ0) is 20.6. The number of ether oxygens (including phenoxy) is 2. The number of nitrogens with zero attached hydrogens (tertiary/aromatic N) is 4. The highest BCUT2D eigenvalue weighted by atomic mass is 32.2. The molecule has 9 nitrogen and oxygen atoms in total. The molecule has 1 atom stereocenters. The molecule has 1 aromatic rings. The van der Waals surface area contributed by atoms with Crippen LogP contribution < -0.4 is 4.90 Å². The van der Waals surface area contributed by atoms with Crippen molar-refractivity contribution in [3.05, 3.63) is 29.6 Å². The van der Waals surface area contributed by atoms with Crippen molar-refractivity contribution >= 4 is 35.6 Å². The van der Waals surface area contributed by atoms with Crippen molar-refractivity contribution in [3.63, 3.8) is 0 Å². The molecule has 29 heavy (non-hydrogen) atoms. The highest BCUT2D eigenvalue weighted by molar-refractivity contribution is 8.04. The molecular formula is C19H24N4O5S. The summed E-state index contributed by atoms with van der Waals surface area (Å²) in [6.45, 7) is 1.28. The van der Waals surface area contributed by atoms with Gasteiger partial charge in [0.05, 0.1) is 30.6 Å². The van der Waals surface area contributed by atoms with E-state index in [9.17, 15) is 14.4 Å². The summed E-state index contributed by atoms with van der Waals surface area (Å²) in [7, 11) is 1.29. The van der Waals surface area contributed by atoms with Crippen LogP contribution in [0.15, 0.2) is 29.6 Å². The van der Waals surface area contributed by atoms with Crippen molar-refractivity contribution in [2.75, 3.05) is 37.5 Å². The van der Waals surface area contributed by atoms with Gasteiger partial charge >= 0.3 is 11.9 Å². The van der Waals surface area contributed by atoms with Crippen molar-refractivity contribution in [2.45, 2.75) is 31.7 Å². The first-order chi connectivity index (χ1) is 14.1. The smallest absolute Gasteiger partial charge is 0.333 e. The lowest BCUT2D eigenvalue weighted by Gasteiger charge is -2.33. The second-order valence-electron chi connectivity index (χ2n) is 6.61. The largest absolute Gasteiger partial charge is 0.466 e. The number of rotatable bonds is 7. The van der Waals surface area contributed by atoms with Crippen LogP contribution in [0.1, 0.15) is 25.7 Å². The summed E-state index contributed by atoms with van der Waals surface area (Å²) in [6.07, 6.45) is 7.72. The van der Waals surface area contributed by atoms with Gasteiger partial charge in [-0.05, 0) is 31.7 Å². The Morgan fingerprint density at radius 3 is 2.86 bits per heavy atom. The number of piperidine rings is 1. The average molecular weight is 420 g/mol. The fourth-order valence-electron chi connectivity index (χ4n) is 3.28. The molecule has 0 N–H and O–H groups in total. The Hall–Kier alpha value is -2.62. The van der Waals surface area contributed by atoms with Gasteiger partial charge in [-0.25, -0.2) is 19.6 Å². The minimum absolute atomic E-state index is 0.0730. The van der Waals surface area contributed by atoms with E-state index in [2.05, 4.69) is 14.7 Å². The number of hydrogen-bond acceptors (Lipinski definition) is 9. The van der Waals surface area contributed by atoms with E-state index in [1.54, 1.807) is 18.5 Å². The maximum Gasteiger partial charge on any atom is 0.333 e. The van der Waals surface area contributed by atoms with Crippen molar-refractivity contribution in [1.82, 2.24) is 14.9 Å². The average Bonchev–Trinajstić information content (AvgIpc) is 3.10. The van der Waals surface area contributed by atoms with Gasteiger partial charge in [-0.3, -0.25) is 4.79 Å². The number of esters is 2. The van der Waals surface area contributed by atoms with Gasteiger partial charge in [-0.15, -0.1) is 0 Å². The fraction of sp³-hybridized carbons (Fsp3) is 0.526. The monoisotopic (exact) mass is 420 g/mol. The summed E-state index contributed by atoms with van der Waals surface area (Å²) in [4.78, 5) is 48.0. The van der Waals surface area contributed by atoms with E-state index in [-0.39, 0.29) is 24.2 Å². The van der Waals surface area contributed by atoms with E-state index >= 15 is 0 Å². The van der Waals surface area contributed by atoms with Crippen LogP contribution in [0, 0.1) is 0 Å². The van der Waals surface area contributed by atoms with Gasteiger partial charge in [0, 0.05) is 25.5 Å². The molecule has 2 fully saturated rings. The first-order valence-electron chi connectivity index (χ1n) is 9.53. The minimum atomic E-state index is -0.501. The van der Waals surface area contributed by atoms with E-state index in [1.165, 1.54) is 29.8 Å². The molecule has 1 amide bonds. The minimum Gasteiger partial charge on any atom is -0.466 e. The predicted molar refractivity (Wildman–Crippen MR) is 107 cm³/mol. The molecule has 1 aromatic heterocycles. The molecule has 3 rings (SSSR count). The SMILES string of the molecule is COC(=O)/C=C1/SCC(=O)N1CCCOC(=O)C1CCCCN1c1ncccn1. The molecule has 2 aliphatic rings. The second kappa shape index (κ2) is 10.2. The quantitative estimate of drug-likeness (QED) is 0.367. The first-order valence-corrected chi connectivity index (χ1v) is 10.5. The third-order valence-electron chi connectivity index (χ3n) is 4.71. The van der Waals surface area contributed by atoms with E-state index in [0.717, 1.165) is 12.8 Å². The molecule has 0 bridgehead atoms. The molecule has 0 radical (unpaired) electrons. The summed E-state index contributed by atoms with van der Waals surface area (Å²) >= 11 is 1.30. The summed E-state index contributed by atoms with van der Waals surface area (Å²) < 4.78 is 10.1. The number of methoxy groups -OCH3 is 1. The molecule has 3 heterocycles. The Balaban J connectivity index is 1.50. The van der Waals surface area contributed by atoms with E-state index in [0.29, 0.717) is 36.9 Å². The third kappa shape index (κ3) is 5.47. The predicted octanol–water partition coefficient (Wildman–Crippen LogP) is 1.36. The molecule has 1 unspecified atom stereocenters. The second-order valence-corrected chi connectivity index (χ2v) is 7.61. The Kier molecular flexibility index (Phi) is 7.45. The summed E-state index contributed by atoms with van der Waals surface area (Å²) in [6, 6.07) is 1.34. The van der Waals surface area contributed by atoms with Crippen LogP contribution >= 0.6 is 11.8 Å². The number of carbonyl (C=O) groups excluding carboxylic acids is 3. The van der Waals surface area contributed by atoms with Crippen molar-refractivity contribution < 1.29 is 23.9 Å². The van der Waals surface area contributed by atoms with Gasteiger partial charge in [0.15, 0.2) is 0 Å². The van der Waals surface area contributed by atoms with Gasteiger partial charge in [0.25, 0.3) is 0 Å². The Morgan fingerprint density at radius 1 is 1.31 bits per heavy atom. The van der Waals surface area contributed by atoms with Gasteiger partial charge in [0.2, 0.25) is 11.9 Å². The number of anilines is 1. The van der Waals surface area contributed by atoms with Gasteiger partial charge in [-0.1, -0.05) is 11.8 Å². The number of amides is 1. The lowest BCUT2D eigenvalue weighted by atomic mass is 10.0. The van der Waals surface area contributed by atoms with Gasteiger partial charge in [-0.2, -0.15) is 0 Å². The van der Waals surface area contributed by atoms with Crippen LogP contribution in [-0.4, -0.2) is 71.3 Å². The molecule has 2 saturated heterocycles. The normalized spacial score (nSPS) is 20.8. The van der Waals surface area contributed by atoms with Gasteiger partial charge in [0.1, 0.15) is 6.04 Å². The summed E-state index contributed by atoms with van der Waals surface area (Å²) in [5.74, 6) is -0.0529. The Labute approximate surface area is 173 Å². The number of hydrogen-bond donors (Lipinski definition) is 0. The van der Waals surface area contributed by atoms with Crippen molar-refractivity contribution in [1.29, 1.82) is 0 Å². The zero-order valence-electron chi connectivity index (χ0n) is 16.3. The number of thioether (sulfide) groups is 1. The van der Waals surface area contributed by atoms with E-state index in [4.69, 9.17) is 4.74 Å².